The fourth-order valence-corrected chi connectivity index (χ4v) is 6.95. The predicted octanol–water partition coefficient (Wildman–Crippen LogP) is 7.28. The lowest BCUT2D eigenvalue weighted by molar-refractivity contribution is -0.278. The van der Waals surface area contributed by atoms with Crippen LogP contribution in [0.15, 0.2) is 103 Å². The molecule has 1 heterocycles. The minimum Gasteiger partial charge on any atom is -0.457 e. The highest BCUT2D eigenvalue weighted by molar-refractivity contribution is 7.92. The van der Waals surface area contributed by atoms with Crippen LogP contribution < -0.4 is 14.4 Å². The van der Waals surface area contributed by atoms with Crippen LogP contribution in [0.4, 0.5) is 43.4 Å². The van der Waals surface area contributed by atoms with Crippen molar-refractivity contribution in [1.82, 2.24) is 0 Å². The molecular weight excluding hydrogens is 678 g/mol. The molecule has 0 saturated carbocycles. The van der Waals surface area contributed by atoms with Crippen molar-refractivity contribution in [2.24, 2.45) is 0 Å². The topological polar surface area (TPSA) is 94.2 Å². The van der Waals surface area contributed by atoms with Crippen molar-refractivity contribution in [3.63, 3.8) is 0 Å². The number of nitrogens with one attached hydrogen (secondary N) is 1. The van der Waals surface area contributed by atoms with Crippen LogP contribution in [-0.4, -0.2) is 52.4 Å². The normalized spacial score (nSPS) is 15.2. The maximum absolute atomic E-state index is 14.8. The van der Waals surface area contributed by atoms with E-state index >= 15 is 0 Å². The largest absolute Gasteiger partial charge is 0.573 e. The molecule has 1 aliphatic rings. The first-order valence-electron chi connectivity index (χ1n) is 14.8. The Morgan fingerprint density at radius 2 is 1.33 bits per heavy atom. The van der Waals surface area contributed by atoms with Gasteiger partial charge in [-0.25, -0.2) is 13.2 Å². The summed E-state index contributed by atoms with van der Waals surface area (Å²) in [4.78, 5) is 15.4. The van der Waals surface area contributed by atoms with Crippen molar-refractivity contribution >= 4 is 33.1 Å². The van der Waals surface area contributed by atoms with E-state index in [1.165, 1.54) is 18.2 Å². The third-order valence-electron chi connectivity index (χ3n) is 7.83. The van der Waals surface area contributed by atoms with Gasteiger partial charge in [-0.1, -0.05) is 66.7 Å². The average molecular weight is 709 g/mol. The fourth-order valence-electron chi connectivity index (χ4n) is 5.71. The number of anilines is 3. The van der Waals surface area contributed by atoms with E-state index in [1.54, 1.807) is 29.2 Å². The van der Waals surface area contributed by atoms with Gasteiger partial charge in [0, 0.05) is 29.7 Å². The number of esters is 1. The minimum atomic E-state index is -5.33. The highest BCUT2D eigenvalue weighted by Crippen LogP contribution is 2.44. The Balaban J connectivity index is 1.53. The lowest BCUT2D eigenvalue weighted by Crippen LogP contribution is -2.53. The Hall–Kier alpha value is -4.76. The number of aryl methyl sites for hydroxylation is 2. The molecule has 0 aromatic heterocycles. The van der Waals surface area contributed by atoms with E-state index < -0.39 is 63.8 Å². The molecule has 0 saturated heterocycles. The molecule has 4 aromatic rings. The van der Waals surface area contributed by atoms with Gasteiger partial charge in [-0.3, -0.25) is 4.72 Å². The number of nitrogens with zero attached hydrogens (tertiary/aromatic N) is 1. The molecule has 15 heteroatoms. The van der Waals surface area contributed by atoms with Crippen molar-refractivity contribution in [3.05, 3.63) is 120 Å². The number of para-hydroxylation sites is 2. The van der Waals surface area contributed by atoms with Crippen molar-refractivity contribution in [1.29, 1.82) is 0 Å². The average Bonchev–Trinajstić information content (AvgIpc) is 3.18. The zero-order valence-electron chi connectivity index (χ0n) is 25.8. The van der Waals surface area contributed by atoms with Gasteiger partial charge in [0.2, 0.25) is 10.0 Å². The standard InChI is InChI=1S/C34H30F6N2O6S/c1-46-32(33(35,36)37,25-11-3-2-4-12-25)31(43)47-28(22-49(44,45)41-26-17-19-27(20-18-26)48-34(38,39)40)21-42-29-13-7-5-9-23(29)15-16-24-10-6-8-14-30(24)42/h2-14,17-20,28,41H,15-16,21-22H2,1H3/t28-,32-/m0/s1. The zero-order valence-corrected chi connectivity index (χ0v) is 26.6. The number of carbonyl (C=O) groups is 1. The van der Waals surface area contributed by atoms with Crippen molar-refractivity contribution in [3.8, 4) is 5.75 Å². The lowest BCUT2D eigenvalue weighted by Gasteiger charge is -2.35. The summed E-state index contributed by atoms with van der Waals surface area (Å²) in [6.45, 7) is -0.397. The van der Waals surface area contributed by atoms with Crippen LogP contribution in [0, 0.1) is 0 Å². The molecule has 260 valence electrons. The highest BCUT2D eigenvalue weighted by Gasteiger charge is 2.64. The number of alkyl halides is 6. The van der Waals surface area contributed by atoms with Gasteiger partial charge in [-0.05, 0) is 60.4 Å². The third kappa shape index (κ3) is 8.11. The molecule has 0 bridgehead atoms. The van der Waals surface area contributed by atoms with Crippen LogP contribution in [0.25, 0.3) is 0 Å². The maximum Gasteiger partial charge on any atom is 0.573 e. The molecule has 0 aliphatic carbocycles. The molecule has 2 atom stereocenters. The number of sulfonamides is 1. The zero-order chi connectivity index (χ0) is 35.5. The molecule has 0 fully saturated rings. The Morgan fingerprint density at radius 3 is 1.84 bits per heavy atom. The molecule has 1 N–H and O–H groups in total. The van der Waals surface area contributed by atoms with Gasteiger partial charge in [0.25, 0.3) is 5.60 Å². The molecule has 4 aromatic carbocycles. The highest BCUT2D eigenvalue weighted by atomic mass is 32.2. The van der Waals surface area contributed by atoms with E-state index in [4.69, 9.17) is 9.47 Å². The van der Waals surface area contributed by atoms with Crippen LogP contribution in [0.2, 0.25) is 0 Å². The van der Waals surface area contributed by atoms with Crippen LogP contribution in [0.5, 0.6) is 5.75 Å². The second-order valence-electron chi connectivity index (χ2n) is 11.1. The number of ether oxygens (including phenoxy) is 3. The lowest BCUT2D eigenvalue weighted by atomic mass is 9.92. The van der Waals surface area contributed by atoms with Gasteiger partial charge in [-0.2, -0.15) is 13.2 Å². The molecule has 0 amide bonds. The Bertz CT molecular complexity index is 1820. The first-order chi connectivity index (χ1) is 23.1. The smallest absolute Gasteiger partial charge is 0.457 e. The van der Waals surface area contributed by atoms with Crippen molar-refractivity contribution in [2.45, 2.75) is 37.1 Å². The minimum absolute atomic E-state index is 0.170. The number of methoxy groups -OCH3 is 1. The molecule has 8 nitrogen and oxygen atoms in total. The summed E-state index contributed by atoms with van der Waals surface area (Å²) >= 11 is 0. The van der Waals surface area contributed by atoms with Crippen LogP contribution in [-0.2, 0) is 42.7 Å². The van der Waals surface area contributed by atoms with Gasteiger partial charge in [-0.15, -0.1) is 13.2 Å². The summed E-state index contributed by atoms with van der Waals surface area (Å²) in [5, 5.41) is 0. The van der Waals surface area contributed by atoms with E-state index in [1.807, 2.05) is 24.3 Å². The number of fused-ring (bicyclic) bond motifs is 2. The molecule has 5 rings (SSSR count). The number of carbonyl (C=O) groups excluding carboxylic acids is 1. The molecule has 0 spiro atoms. The van der Waals surface area contributed by atoms with Crippen LogP contribution in [0.3, 0.4) is 0 Å². The van der Waals surface area contributed by atoms with Crippen molar-refractivity contribution in [2.75, 3.05) is 29.0 Å². The van der Waals surface area contributed by atoms with Gasteiger partial charge in [0.1, 0.15) is 17.6 Å². The van der Waals surface area contributed by atoms with E-state index in [9.17, 15) is 39.6 Å². The molecule has 49 heavy (non-hydrogen) atoms. The fraction of sp³-hybridized carbons (Fsp3) is 0.265. The molecular formula is C34H30F6N2O6S. The summed E-state index contributed by atoms with van der Waals surface area (Å²) in [5.41, 5.74) is -1.34. The third-order valence-corrected chi connectivity index (χ3v) is 9.19. The first kappa shape index (κ1) is 35.5. The first-order valence-corrected chi connectivity index (χ1v) is 16.5. The molecule has 0 unspecified atom stereocenters. The Kier molecular flexibility index (Phi) is 10.2. The second-order valence-corrected chi connectivity index (χ2v) is 12.9. The quantitative estimate of drug-likeness (QED) is 0.129. The van der Waals surface area contributed by atoms with Gasteiger partial charge < -0.3 is 19.1 Å². The van der Waals surface area contributed by atoms with Gasteiger partial charge >= 0.3 is 18.5 Å². The van der Waals surface area contributed by atoms with Crippen LogP contribution >= 0.6 is 0 Å². The van der Waals surface area contributed by atoms with E-state index in [0.29, 0.717) is 31.3 Å². The maximum atomic E-state index is 14.8. The Morgan fingerprint density at radius 1 is 0.796 bits per heavy atom. The number of hydrogen-bond donors (Lipinski definition) is 1. The molecule has 1 aliphatic heterocycles. The summed E-state index contributed by atoms with van der Waals surface area (Å²) < 4.78 is 126. The summed E-state index contributed by atoms with van der Waals surface area (Å²) in [7, 11) is -3.84. The number of benzene rings is 4. The number of hydrogen-bond acceptors (Lipinski definition) is 7. The van der Waals surface area contributed by atoms with Gasteiger partial charge in [0.05, 0.1) is 6.54 Å². The van der Waals surface area contributed by atoms with E-state index in [-0.39, 0.29) is 5.69 Å². The monoisotopic (exact) mass is 708 g/mol. The summed E-state index contributed by atoms with van der Waals surface area (Å²) in [6.07, 6.45) is -10.8. The van der Waals surface area contributed by atoms with Crippen LogP contribution in [0.1, 0.15) is 16.7 Å². The predicted molar refractivity (Wildman–Crippen MR) is 169 cm³/mol. The number of halogens is 6. The SMILES string of the molecule is CO[C@](C(=O)O[C@@H](CN1c2ccccc2CCc2ccccc21)CS(=O)(=O)Nc1ccc(OC(F)(F)F)cc1)(c1ccccc1)C(F)(F)F. The van der Waals surface area contributed by atoms with E-state index in [2.05, 4.69) is 9.46 Å². The van der Waals surface area contributed by atoms with Gasteiger partial charge in [0.15, 0.2) is 0 Å². The molecule has 0 radical (unpaired) electrons. The summed E-state index contributed by atoms with van der Waals surface area (Å²) in [5.74, 6) is -3.53. The van der Waals surface area contributed by atoms with Crippen molar-refractivity contribution < 1.29 is 53.8 Å². The van der Waals surface area contributed by atoms with E-state index in [0.717, 1.165) is 47.5 Å². The second kappa shape index (κ2) is 14.0. The number of rotatable bonds is 11. The summed E-state index contributed by atoms with van der Waals surface area (Å²) in [6, 6.07) is 24.3. The Labute approximate surface area is 278 Å².